The monoisotopic (exact) mass is 565 g/mol. The van der Waals surface area contributed by atoms with Crippen molar-refractivity contribution in [2.75, 3.05) is 26.4 Å². The van der Waals surface area contributed by atoms with Crippen LogP contribution in [0.1, 0.15) is 53.9 Å². The van der Waals surface area contributed by atoms with E-state index in [9.17, 15) is 19.3 Å². The average molecular weight is 566 g/mol. The first-order chi connectivity index (χ1) is 18.2. The highest BCUT2D eigenvalue weighted by atomic mass is 35.5. The van der Waals surface area contributed by atoms with E-state index in [0.717, 1.165) is 0 Å². The van der Waals surface area contributed by atoms with Gasteiger partial charge in [-0.2, -0.15) is 0 Å². The van der Waals surface area contributed by atoms with Crippen LogP contribution >= 0.6 is 19.4 Å². The van der Waals surface area contributed by atoms with Crippen molar-refractivity contribution in [1.29, 1.82) is 0 Å². The number of hydrogen-bond acceptors (Lipinski definition) is 8. The zero-order valence-corrected chi connectivity index (χ0v) is 23.4. The Bertz CT molecular complexity index is 1290. The van der Waals surface area contributed by atoms with Gasteiger partial charge in [-0.1, -0.05) is 17.7 Å². The largest absolute Gasteiger partial charge is 0.474 e. The fourth-order valence-electron chi connectivity index (χ4n) is 4.03. The van der Waals surface area contributed by atoms with Crippen LogP contribution in [0.15, 0.2) is 42.5 Å². The summed E-state index contributed by atoms with van der Waals surface area (Å²) in [5.74, 6) is -0.701. The number of benzene rings is 2. The highest BCUT2D eigenvalue weighted by molar-refractivity contribution is 7.48. The zero-order valence-electron chi connectivity index (χ0n) is 21.8. The van der Waals surface area contributed by atoms with Crippen LogP contribution in [0.25, 0.3) is 10.9 Å². The Morgan fingerprint density at radius 3 is 2.26 bits per heavy atom. The van der Waals surface area contributed by atoms with Gasteiger partial charge in [0.15, 0.2) is 0 Å². The lowest BCUT2D eigenvalue weighted by Crippen LogP contribution is -2.15. The normalized spacial score (nSPS) is 11.7. The molecule has 2 aromatic carbocycles. The molecular formula is C27H33ClNO8P. The summed E-state index contributed by atoms with van der Waals surface area (Å²) in [5.41, 5.74) is 3.02. The number of fused-ring (bicyclic) bond motifs is 1. The van der Waals surface area contributed by atoms with E-state index in [2.05, 4.69) is 0 Å². The van der Waals surface area contributed by atoms with Gasteiger partial charge in [-0.15, -0.1) is 0 Å². The minimum Gasteiger partial charge on any atom is -0.465 e. The van der Waals surface area contributed by atoms with E-state index >= 15 is 0 Å². The molecule has 0 aliphatic heterocycles. The molecule has 1 N–H and O–H groups in total. The molecule has 1 aromatic heterocycles. The Morgan fingerprint density at radius 2 is 1.63 bits per heavy atom. The summed E-state index contributed by atoms with van der Waals surface area (Å²) in [6.07, 6.45) is 0.943. The van der Waals surface area contributed by atoms with Crippen LogP contribution in [0.2, 0.25) is 5.02 Å². The molecule has 0 radical (unpaired) electrons. The number of aromatic nitrogens is 1. The molecule has 206 valence electrons. The first-order valence-electron chi connectivity index (χ1n) is 12.5. The number of rotatable bonds is 14. The van der Waals surface area contributed by atoms with E-state index < -0.39 is 13.8 Å². The van der Waals surface area contributed by atoms with E-state index in [4.69, 9.17) is 29.9 Å². The molecular weight excluding hydrogens is 533 g/mol. The van der Waals surface area contributed by atoms with E-state index in [0.29, 0.717) is 51.2 Å². The van der Waals surface area contributed by atoms with Gasteiger partial charge in [0.05, 0.1) is 45.0 Å². The molecule has 9 nitrogen and oxygen atoms in total. The number of carbonyl (C=O) groups is 2. The third-order valence-corrected chi connectivity index (χ3v) is 7.72. The van der Waals surface area contributed by atoms with Crippen molar-refractivity contribution in [3.63, 3.8) is 0 Å². The number of esters is 1. The van der Waals surface area contributed by atoms with Crippen molar-refractivity contribution in [2.24, 2.45) is 0 Å². The molecule has 1 heterocycles. The molecule has 0 atom stereocenters. The molecule has 3 rings (SSSR count). The first kappa shape index (κ1) is 30.0. The van der Waals surface area contributed by atoms with E-state index in [1.807, 2.05) is 0 Å². The summed E-state index contributed by atoms with van der Waals surface area (Å²) in [7, 11) is -3.56. The highest BCUT2D eigenvalue weighted by Gasteiger charge is 2.25. The predicted molar refractivity (Wildman–Crippen MR) is 144 cm³/mol. The van der Waals surface area contributed by atoms with Gasteiger partial charge in [0, 0.05) is 21.7 Å². The second-order valence-electron chi connectivity index (χ2n) is 8.44. The number of phosphoric ester groups is 1. The van der Waals surface area contributed by atoms with Crippen molar-refractivity contribution < 1.29 is 37.6 Å². The third kappa shape index (κ3) is 7.53. The van der Waals surface area contributed by atoms with Crippen molar-refractivity contribution in [1.82, 2.24) is 4.57 Å². The lowest BCUT2D eigenvalue weighted by Gasteiger charge is -2.16. The average Bonchev–Trinajstić information content (AvgIpc) is 3.16. The SMILES string of the molecule is CCOP(=O)(OCC)OCCCCOC(=O)Cc1c(C)n(C(=O)c2ccc(Cl)cc2)c2ccc(CO)cc12. The van der Waals surface area contributed by atoms with E-state index in [1.54, 1.807) is 67.8 Å². The fraction of sp³-hybridized carbons (Fsp3) is 0.407. The second-order valence-corrected chi connectivity index (χ2v) is 10.5. The summed E-state index contributed by atoms with van der Waals surface area (Å²) in [6.45, 7) is 5.71. The Labute approximate surface area is 227 Å². The van der Waals surface area contributed by atoms with Gasteiger partial charge in [-0.05, 0) is 81.1 Å². The Hall–Kier alpha value is -2.52. The molecule has 0 spiro atoms. The van der Waals surface area contributed by atoms with Gasteiger partial charge in [0.25, 0.3) is 5.91 Å². The first-order valence-corrected chi connectivity index (χ1v) is 14.3. The van der Waals surface area contributed by atoms with Gasteiger partial charge in [-0.25, -0.2) is 4.57 Å². The summed E-state index contributed by atoms with van der Waals surface area (Å²) < 4.78 is 34.7. The Balaban J connectivity index is 1.68. The molecule has 0 aliphatic rings. The summed E-state index contributed by atoms with van der Waals surface area (Å²) in [6, 6.07) is 11.9. The van der Waals surface area contributed by atoms with Crippen molar-refractivity contribution in [2.45, 2.75) is 46.6 Å². The molecule has 0 bridgehead atoms. The molecule has 38 heavy (non-hydrogen) atoms. The minimum atomic E-state index is -3.56. The number of carbonyl (C=O) groups excluding carboxylic acids is 2. The number of nitrogens with zero attached hydrogens (tertiary/aromatic N) is 1. The number of unbranched alkanes of at least 4 members (excludes halogenated alkanes) is 1. The second kappa shape index (κ2) is 14.0. The van der Waals surface area contributed by atoms with Crippen LogP contribution in [-0.4, -0.2) is 48.0 Å². The standard InChI is InChI=1S/C27H33ClNO8P/c1-4-35-38(33,36-5-2)37-15-7-6-14-34-26(31)17-23-19(3)29(25-13-8-20(18-30)16-24(23)25)27(32)21-9-11-22(28)12-10-21/h8-13,16,30H,4-7,14-15,17-18H2,1-3H3. The predicted octanol–water partition coefficient (Wildman–Crippen LogP) is 5.85. The van der Waals surface area contributed by atoms with Crippen LogP contribution in [0.4, 0.5) is 0 Å². The summed E-state index contributed by atoms with van der Waals surface area (Å²) in [5, 5.41) is 10.9. The van der Waals surface area contributed by atoms with Crippen LogP contribution in [0, 0.1) is 6.92 Å². The quantitative estimate of drug-likeness (QED) is 0.147. The number of aliphatic hydroxyl groups excluding tert-OH is 1. The molecule has 0 aliphatic carbocycles. The lowest BCUT2D eigenvalue weighted by atomic mass is 10.1. The smallest absolute Gasteiger partial charge is 0.465 e. The maximum Gasteiger partial charge on any atom is 0.474 e. The number of aliphatic hydroxyl groups is 1. The molecule has 0 saturated heterocycles. The van der Waals surface area contributed by atoms with Gasteiger partial charge >= 0.3 is 13.8 Å². The third-order valence-electron chi connectivity index (χ3n) is 5.82. The maximum atomic E-state index is 13.4. The topological polar surface area (TPSA) is 113 Å². The van der Waals surface area contributed by atoms with Crippen molar-refractivity contribution in [3.05, 3.63) is 69.9 Å². The van der Waals surface area contributed by atoms with Gasteiger partial charge in [-0.3, -0.25) is 27.7 Å². The van der Waals surface area contributed by atoms with Gasteiger partial charge < -0.3 is 9.84 Å². The molecule has 11 heteroatoms. The minimum absolute atomic E-state index is 0.0432. The van der Waals surface area contributed by atoms with Crippen LogP contribution in [0.5, 0.6) is 0 Å². The Morgan fingerprint density at radius 1 is 0.974 bits per heavy atom. The van der Waals surface area contributed by atoms with E-state index in [-0.39, 0.29) is 45.4 Å². The molecule has 0 fully saturated rings. The highest BCUT2D eigenvalue weighted by Crippen LogP contribution is 2.49. The van der Waals surface area contributed by atoms with Crippen LogP contribution in [0.3, 0.4) is 0 Å². The maximum absolute atomic E-state index is 13.4. The number of ether oxygens (including phenoxy) is 1. The van der Waals surface area contributed by atoms with Crippen molar-refractivity contribution >= 4 is 42.2 Å². The summed E-state index contributed by atoms with van der Waals surface area (Å²) >= 11 is 5.97. The fourth-order valence-corrected chi connectivity index (χ4v) is 5.36. The molecule has 0 saturated carbocycles. The van der Waals surface area contributed by atoms with Crippen LogP contribution in [-0.2, 0) is 40.7 Å². The molecule has 3 aromatic rings. The lowest BCUT2D eigenvalue weighted by molar-refractivity contribution is -0.143. The number of phosphoric acid groups is 1. The van der Waals surface area contributed by atoms with Gasteiger partial charge in [0.2, 0.25) is 0 Å². The molecule has 0 unspecified atom stereocenters. The molecule has 0 amide bonds. The summed E-state index contributed by atoms with van der Waals surface area (Å²) in [4.78, 5) is 26.1. The Kier molecular flexibility index (Phi) is 11.1. The van der Waals surface area contributed by atoms with Crippen LogP contribution < -0.4 is 0 Å². The van der Waals surface area contributed by atoms with Gasteiger partial charge in [0.1, 0.15) is 0 Å². The van der Waals surface area contributed by atoms with E-state index in [1.165, 1.54) is 0 Å². The number of hydrogen-bond donors (Lipinski definition) is 1. The number of halogens is 1. The van der Waals surface area contributed by atoms with Crippen molar-refractivity contribution in [3.8, 4) is 0 Å². The zero-order chi connectivity index (χ0) is 27.7.